The molecule has 0 spiro atoms. The quantitative estimate of drug-likeness (QED) is 0.301. The van der Waals surface area contributed by atoms with E-state index in [2.05, 4.69) is 78.4 Å². The summed E-state index contributed by atoms with van der Waals surface area (Å²) >= 11 is 0. The maximum Gasteiger partial charge on any atom is 0.0826 e. The largest absolute Gasteiger partial charge is 0.385 e. The molecule has 8 unspecified atom stereocenters. The highest BCUT2D eigenvalue weighted by molar-refractivity contribution is 5.46. The second-order valence-corrected chi connectivity index (χ2v) is 16.3. The minimum atomic E-state index is 0.383. The Balaban J connectivity index is 0.924. The fraction of sp³-hybridized carbons (Fsp3) is 0.628. The van der Waals surface area contributed by atoms with Gasteiger partial charge in [0, 0.05) is 46.9 Å². The third-order valence-electron chi connectivity index (χ3n) is 14.1. The molecule has 3 aliphatic heterocycles. The monoisotopic (exact) mass is 616 g/mol. The molecule has 9 aliphatic rings. The number of hydrogen-bond donors (Lipinski definition) is 1. The molecule has 0 aromatic heterocycles. The minimum Gasteiger partial charge on any atom is -0.385 e. The summed E-state index contributed by atoms with van der Waals surface area (Å²) in [6, 6.07) is 1.25. The summed E-state index contributed by atoms with van der Waals surface area (Å²) in [7, 11) is 0. The van der Waals surface area contributed by atoms with Gasteiger partial charge in [-0.1, -0.05) is 67.2 Å². The summed E-state index contributed by atoms with van der Waals surface area (Å²) < 4.78 is 6.83. The van der Waals surface area contributed by atoms with Gasteiger partial charge in [0.2, 0.25) is 0 Å². The number of hydrogen-bond acceptors (Lipinski definition) is 3. The van der Waals surface area contributed by atoms with E-state index in [1.807, 2.05) is 0 Å². The lowest BCUT2D eigenvalue weighted by molar-refractivity contribution is -0.0127. The zero-order chi connectivity index (χ0) is 30.8. The lowest BCUT2D eigenvalue weighted by Crippen LogP contribution is -2.37. The van der Waals surface area contributed by atoms with Crippen LogP contribution in [0.1, 0.15) is 103 Å². The van der Waals surface area contributed by atoms with Crippen LogP contribution in [-0.4, -0.2) is 29.2 Å². The van der Waals surface area contributed by atoms with Gasteiger partial charge in [-0.05, 0) is 131 Å². The van der Waals surface area contributed by atoms with Crippen LogP contribution in [-0.2, 0) is 4.74 Å². The highest BCUT2D eigenvalue weighted by Crippen LogP contribution is 2.53. The molecule has 0 amide bonds. The first-order valence-corrected chi connectivity index (χ1v) is 19.4. The summed E-state index contributed by atoms with van der Waals surface area (Å²) in [4.78, 5) is 2.90. The van der Waals surface area contributed by atoms with Crippen molar-refractivity contribution in [1.82, 2.24) is 10.2 Å². The molecule has 3 heterocycles. The molecule has 1 N–H and O–H groups in total. The Hall–Kier alpha value is -2.52. The molecule has 3 heteroatoms. The molecule has 0 bridgehead atoms. The fourth-order valence-electron chi connectivity index (χ4n) is 11.7. The summed E-state index contributed by atoms with van der Waals surface area (Å²) in [6.07, 6.45) is 42.1. The number of allylic oxidation sites excluding steroid dienone is 11. The van der Waals surface area contributed by atoms with Crippen molar-refractivity contribution in [3.05, 3.63) is 95.1 Å². The van der Waals surface area contributed by atoms with E-state index in [-0.39, 0.29) is 0 Å². The predicted octanol–water partition coefficient (Wildman–Crippen LogP) is 9.85. The van der Waals surface area contributed by atoms with E-state index >= 15 is 0 Å². The molecule has 0 aromatic carbocycles. The number of nitrogens with zero attached hydrogens (tertiary/aromatic N) is 1. The topological polar surface area (TPSA) is 24.5 Å². The van der Waals surface area contributed by atoms with Crippen molar-refractivity contribution >= 4 is 0 Å². The molecule has 3 nitrogen and oxygen atoms in total. The molecule has 46 heavy (non-hydrogen) atoms. The van der Waals surface area contributed by atoms with Crippen molar-refractivity contribution in [2.45, 2.75) is 128 Å². The first-order chi connectivity index (χ1) is 22.7. The Morgan fingerprint density at radius 3 is 2.72 bits per heavy atom. The molecule has 2 saturated heterocycles. The fourth-order valence-corrected chi connectivity index (χ4v) is 11.7. The molecule has 0 saturated carbocycles. The maximum atomic E-state index is 6.83. The molecule has 0 radical (unpaired) electrons. The Morgan fingerprint density at radius 2 is 1.85 bits per heavy atom. The molecule has 244 valence electrons. The van der Waals surface area contributed by atoms with Crippen LogP contribution in [0, 0.1) is 41.4 Å². The van der Waals surface area contributed by atoms with Crippen molar-refractivity contribution in [3.8, 4) is 0 Å². The molecule has 9 rings (SSSR count). The summed E-state index contributed by atoms with van der Waals surface area (Å²) in [5.41, 5.74) is 9.95. The Labute approximate surface area is 278 Å². The summed E-state index contributed by atoms with van der Waals surface area (Å²) in [5.74, 6) is 4.76. The minimum absolute atomic E-state index is 0.383. The van der Waals surface area contributed by atoms with Crippen LogP contribution in [0.4, 0.5) is 0 Å². The standard InChI is InChI=1S/C43H56N2O/c1-3-4-14-38-27(2)36-25-29(19-23-39(36)44-38)30-20-24-41-37(26-30)33-10-5-7-15-40(33)45(41)31-21-17-28(18-22-31)32-12-9-13-35-34-11-6-8-16-42(34)46-43(32)35/h3,5-6,10-11,13,21,23,26-29,32-34,36,38,40,42-44H,1,4,7-9,12,14-20,22,24-25H2,2H3/t27?,28-,29+,32?,33?,34?,36?,38?,40?,42?,43-/m0/s1. The SMILES string of the molecule is C=CCCC1NC2=CC[C@@H](C3=CC4=C(CC3)N(C3=CC[C@H](C5CCC=C6C7C=CCCC7O[C@H]65)CC3)C3CCC=CC43)CC2C1C. The van der Waals surface area contributed by atoms with Crippen LogP contribution in [0.3, 0.4) is 0 Å². The van der Waals surface area contributed by atoms with Gasteiger partial charge in [0.05, 0.1) is 12.2 Å². The second-order valence-electron chi connectivity index (χ2n) is 16.3. The molecule has 6 aliphatic carbocycles. The summed E-state index contributed by atoms with van der Waals surface area (Å²) in [6.45, 7) is 6.46. The van der Waals surface area contributed by atoms with Gasteiger partial charge in [-0.3, -0.25) is 0 Å². The van der Waals surface area contributed by atoms with Gasteiger partial charge in [-0.25, -0.2) is 0 Å². The van der Waals surface area contributed by atoms with Crippen molar-refractivity contribution in [2.75, 3.05) is 0 Å². The first-order valence-electron chi connectivity index (χ1n) is 19.4. The Kier molecular flexibility index (Phi) is 7.84. The van der Waals surface area contributed by atoms with Gasteiger partial charge < -0.3 is 15.0 Å². The van der Waals surface area contributed by atoms with Crippen molar-refractivity contribution < 1.29 is 4.74 Å². The first kappa shape index (κ1) is 29.6. The van der Waals surface area contributed by atoms with E-state index in [1.54, 1.807) is 33.8 Å². The average Bonchev–Trinajstić information content (AvgIpc) is 3.76. The van der Waals surface area contributed by atoms with Crippen LogP contribution >= 0.6 is 0 Å². The number of rotatable bonds is 6. The van der Waals surface area contributed by atoms with Gasteiger partial charge in [0.25, 0.3) is 0 Å². The Bertz CT molecular complexity index is 1450. The van der Waals surface area contributed by atoms with E-state index in [1.165, 1.54) is 89.9 Å². The van der Waals surface area contributed by atoms with Crippen LogP contribution in [0.5, 0.6) is 0 Å². The molecular formula is C43H56N2O. The maximum absolute atomic E-state index is 6.83. The third kappa shape index (κ3) is 4.92. The normalized spacial score (nSPS) is 42.5. The second kappa shape index (κ2) is 12.2. The van der Waals surface area contributed by atoms with Crippen molar-refractivity contribution in [2.24, 2.45) is 41.4 Å². The molecular weight excluding hydrogens is 560 g/mol. The lowest BCUT2D eigenvalue weighted by Gasteiger charge is -2.40. The predicted molar refractivity (Wildman–Crippen MR) is 188 cm³/mol. The van der Waals surface area contributed by atoms with Crippen LogP contribution in [0.2, 0.25) is 0 Å². The van der Waals surface area contributed by atoms with Gasteiger partial charge in [0.15, 0.2) is 0 Å². The summed E-state index contributed by atoms with van der Waals surface area (Å²) in [5, 5.41) is 3.91. The lowest BCUT2D eigenvalue weighted by atomic mass is 9.71. The highest BCUT2D eigenvalue weighted by Gasteiger charge is 2.48. The molecule has 11 atom stereocenters. The number of ether oxygens (including phenoxy) is 1. The van der Waals surface area contributed by atoms with Crippen LogP contribution in [0.25, 0.3) is 0 Å². The number of nitrogens with one attached hydrogen (secondary N) is 1. The van der Waals surface area contributed by atoms with Crippen molar-refractivity contribution in [1.29, 1.82) is 0 Å². The van der Waals surface area contributed by atoms with Gasteiger partial charge >= 0.3 is 0 Å². The van der Waals surface area contributed by atoms with E-state index in [9.17, 15) is 0 Å². The number of fused-ring (bicyclic) bond motifs is 6. The average molecular weight is 617 g/mol. The smallest absolute Gasteiger partial charge is 0.0826 e. The van der Waals surface area contributed by atoms with Crippen molar-refractivity contribution in [3.63, 3.8) is 0 Å². The highest BCUT2D eigenvalue weighted by atomic mass is 16.5. The molecule has 0 aromatic rings. The van der Waals surface area contributed by atoms with Crippen LogP contribution in [0.15, 0.2) is 95.1 Å². The van der Waals surface area contributed by atoms with E-state index in [0.29, 0.717) is 53.9 Å². The van der Waals surface area contributed by atoms with Crippen LogP contribution < -0.4 is 5.32 Å². The third-order valence-corrected chi connectivity index (χ3v) is 14.1. The molecule has 2 fully saturated rings. The van der Waals surface area contributed by atoms with E-state index in [4.69, 9.17) is 4.74 Å². The van der Waals surface area contributed by atoms with Gasteiger partial charge in [0.1, 0.15) is 0 Å². The van der Waals surface area contributed by atoms with Gasteiger partial charge in [-0.15, -0.1) is 6.58 Å². The zero-order valence-electron chi connectivity index (χ0n) is 28.2. The zero-order valence-corrected chi connectivity index (χ0v) is 28.2. The van der Waals surface area contributed by atoms with E-state index in [0.717, 1.165) is 18.3 Å². The van der Waals surface area contributed by atoms with Gasteiger partial charge in [-0.2, -0.15) is 0 Å². The van der Waals surface area contributed by atoms with E-state index < -0.39 is 0 Å². The Morgan fingerprint density at radius 1 is 0.957 bits per heavy atom.